The van der Waals surface area contributed by atoms with Crippen molar-refractivity contribution >= 4 is 22.2 Å². The highest BCUT2D eigenvalue weighted by molar-refractivity contribution is 5.84. The fourth-order valence-corrected chi connectivity index (χ4v) is 2.53. The van der Waals surface area contributed by atoms with Gasteiger partial charge in [-0.2, -0.15) is 0 Å². The number of aromatic amines is 1. The van der Waals surface area contributed by atoms with Crippen molar-refractivity contribution in [3.05, 3.63) is 42.7 Å². The molecule has 0 aliphatic heterocycles. The Kier molecular flexibility index (Phi) is 2.65. The van der Waals surface area contributed by atoms with E-state index in [0.717, 1.165) is 28.2 Å². The van der Waals surface area contributed by atoms with Crippen LogP contribution in [0.15, 0.2) is 36.9 Å². The second-order valence-corrected chi connectivity index (χ2v) is 4.69. The Labute approximate surface area is 119 Å². The van der Waals surface area contributed by atoms with Crippen LogP contribution in [0.3, 0.4) is 0 Å². The third-order valence-electron chi connectivity index (χ3n) is 3.41. The van der Waals surface area contributed by atoms with Crippen LogP contribution < -0.4 is 5.73 Å². The van der Waals surface area contributed by atoms with Gasteiger partial charge in [0.05, 0.1) is 17.4 Å². The topological polar surface area (TPSA) is 98.3 Å². The molecule has 0 aliphatic carbocycles. The van der Waals surface area contributed by atoms with Crippen LogP contribution in [0.5, 0.6) is 0 Å². The zero-order chi connectivity index (χ0) is 14.2. The first-order valence-electron chi connectivity index (χ1n) is 6.69. The van der Waals surface area contributed by atoms with Crippen molar-refractivity contribution in [3.63, 3.8) is 0 Å². The largest absolute Gasteiger partial charge is 0.340 e. The van der Waals surface area contributed by atoms with Crippen LogP contribution in [-0.4, -0.2) is 36.0 Å². The number of hydrogen-bond donors (Lipinski definition) is 2. The van der Waals surface area contributed by atoms with E-state index in [9.17, 15) is 0 Å². The second kappa shape index (κ2) is 4.64. The highest BCUT2D eigenvalue weighted by Gasteiger charge is 2.16. The number of H-pyrrole nitrogens is 1. The molecule has 1 aromatic carbocycles. The van der Waals surface area contributed by atoms with E-state index in [1.54, 1.807) is 6.33 Å². The highest BCUT2D eigenvalue weighted by Crippen LogP contribution is 2.23. The van der Waals surface area contributed by atoms with Gasteiger partial charge in [-0.05, 0) is 18.7 Å². The molecule has 3 N–H and O–H groups in total. The van der Waals surface area contributed by atoms with Crippen molar-refractivity contribution in [1.82, 2.24) is 29.5 Å². The third kappa shape index (κ3) is 1.78. The van der Waals surface area contributed by atoms with Crippen molar-refractivity contribution in [2.45, 2.75) is 6.42 Å². The number of fused-ring (bicyclic) bond motifs is 2. The van der Waals surface area contributed by atoms with E-state index in [2.05, 4.69) is 24.9 Å². The Balaban J connectivity index is 2.09. The standard InChI is InChI=1S/C14H13N7/c15-6-5-11-20-9-3-1-2-4-10(9)21(11)14-12-13(17-7-16-12)18-8-19-14/h1-4,7-8H,5-6,15H2,(H,16,17,18,19). The maximum atomic E-state index is 5.72. The minimum atomic E-state index is 0.528. The monoisotopic (exact) mass is 279 g/mol. The van der Waals surface area contributed by atoms with Crippen molar-refractivity contribution in [3.8, 4) is 5.82 Å². The van der Waals surface area contributed by atoms with Gasteiger partial charge in [-0.1, -0.05) is 12.1 Å². The molecule has 0 bridgehead atoms. The number of imidazole rings is 2. The van der Waals surface area contributed by atoms with Crippen LogP contribution in [0.25, 0.3) is 28.0 Å². The zero-order valence-electron chi connectivity index (χ0n) is 11.2. The van der Waals surface area contributed by atoms with Crippen LogP contribution in [0.1, 0.15) is 5.82 Å². The fraction of sp³-hybridized carbons (Fsp3) is 0.143. The van der Waals surface area contributed by atoms with Gasteiger partial charge in [-0.15, -0.1) is 0 Å². The third-order valence-corrected chi connectivity index (χ3v) is 3.41. The molecule has 0 amide bonds. The SMILES string of the molecule is NCCc1nc2ccccc2n1-c1ncnc2nc[nH]c12. The van der Waals surface area contributed by atoms with Gasteiger partial charge in [0.1, 0.15) is 17.7 Å². The normalized spacial score (nSPS) is 11.5. The molecule has 0 aliphatic rings. The minimum Gasteiger partial charge on any atom is -0.340 e. The van der Waals surface area contributed by atoms with E-state index in [-0.39, 0.29) is 0 Å². The fourth-order valence-electron chi connectivity index (χ4n) is 2.53. The summed E-state index contributed by atoms with van der Waals surface area (Å²) in [6.45, 7) is 0.528. The summed E-state index contributed by atoms with van der Waals surface area (Å²) in [5.74, 6) is 1.63. The zero-order valence-corrected chi connectivity index (χ0v) is 11.2. The molecular formula is C14H13N7. The summed E-state index contributed by atoms with van der Waals surface area (Å²) in [6, 6.07) is 7.96. The van der Waals surface area contributed by atoms with Gasteiger partial charge in [0, 0.05) is 6.42 Å². The van der Waals surface area contributed by atoms with Gasteiger partial charge >= 0.3 is 0 Å². The Morgan fingerprint density at radius 3 is 2.95 bits per heavy atom. The Hall–Kier alpha value is -2.80. The number of nitrogens with one attached hydrogen (secondary N) is 1. The number of aromatic nitrogens is 6. The van der Waals surface area contributed by atoms with Crippen LogP contribution in [0.2, 0.25) is 0 Å². The lowest BCUT2D eigenvalue weighted by molar-refractivity contribution is 0.836. The number of para-hydroxylation sites is 2. The molecule has 4 aromatic rings. The lowest BCUT2D eigenvalue weighted by Gasteiger charge is -2.08. The van der Waals surface area contributed by atoms with Crippen LogP contribution in [-0.2, 0) is 6.42 Å². The average Bonchev–Trinajstić information content (AvgIpc) is 3.11. The van der Waals surface area contributed by atoms with Crippen molar-refractivity contribution in [1.29, 1.82) is 0 Å². The average molecular weight is 279 g/mol. The molecule has 0 saturated heterocycles. The number of rotatable bonds is 3. The molecule has 7 nitrogen and oxygen atoms in total. The van der Waals surface area contributed by atoms with E-state index in [4.69, 9.17) is 5.73 Å². The summed E-state index contributed by atoms with van der Waals surface area (Å²) >= 11 is 0. The summed E-state index contributed by atoms with van der Waals surface area (Å²) in [5, 5.41) is 0. The smallest absolute Gasteiger partial charge is 0.182 e. The lowest BCUT2D eigenvalue weighted by atomic mass is 10.3. The van der Waals surface area contributed by atoms with Gasteiger partial charge < -0.3 is 10.7 Å². The molecule has 4 rings (SSSR count). The molecule has 21 heavy (non-hydrogen) atoms. The van der Waals surface area contributed by atoms with Gasteiger partial charge in [-0.3, -0.25) is 4.57 Å². The molecule has 7 heteroatoms. The molecule has 0 fully saturated rings. The van der Waals surface area contributed by atoms with Gasteiger partial charge in [-0.25, -0.2) is 19.9 Å². The van der Waals surface area contributed by atoms with Crippen molar-refractivity contribution in [2.24, 2.45) is 5.73 Å². The molecular weight excluding hydrogens is 266 g/mol. The number of nitrogens with two attached hydrogens (primary N) is 1. The van der Waals surface area contributed by atoms with Crippen LogP contribution >= 0.6 is 0 Å². The molecule has 0 radical (unpaired) electrons. The second-order valence-electron chi connectivity index (χ2n) is 4.69. The maximum Gasteiger partial charge on any atom is 0.182 e. The summed E-state index contributed by atoms with van der Waals surface area (Å²) < 4.78 is 2.02. The summed E-state index contributed by atoms with van der Waals surface area (Å²) in [5.41, 5.74) is 9.06. The maximum absolute atomic E-state index is 5.72. The van der Waals surface area contributed by atoms with Gasteiger partial charge in [0.2, 0.25) is 0 Å². The van der Waals surface area contributed by atoms with E-state index in [1.165, 1.54) is 6.33 Å². The first-order valence-corrected chi connectivity index (χ1v) is 6.69. The lowest BCUT2D eigenvalue weighted by Crippen LogP contribution is -2.10. The van der Waals surface area contributed by atoms with Gasteiger partial charge in [0.25, 0.3) is 0 Å². The number of nitrogens with zero attached hydrogens (tertiary/aromatic N) is 5. The minimum absolute atomic E-state index is 0.528. The highest BCUT2D eigenvalue weighted by atomic mass is 15.2. The Morgan fingerprint density at radius 1 is 1.14 bits per heavy atom. The molecule has 3 heterocycles. The van der Waals surface area contributed by atoms with Crippen LogP contribution in [0, 0.1) is 0 Å². The van der Waals surface area contributed by atoms with E-state index >= 15 is 0 Å². The summed E-state index contributed by atoms with van der Waals surface area (Å²) in [7, 11) is 0. The first-order chi connectivity index (χ1) is 10.4. The van der Waals surface area contributed by atoms with Crippen molar-refractivity contribution in [2.75, 3.05) is 6.54 Å². The van der Waals surface area contributed by atoms with E-state index in [1.807, 2.05) is 28.8 Å². The van der Waals surface area contributed by atoms with E-state index < -0.39 is 0 Å². The first kappa shape index (κ1) is 12.0. The number of benzene rings is 1. The van der Waals surface area contributed by atoms with Crippen LogP contribution in [0.4, 0.5) is 0 Å². The molecule has 0 saturated carbocycles. The Morgan fingerprint density at radius 2 is 2.05 bits per heavy atom. The summed E-state index contributed by atoms with van der Waals surface area (Å²) in [6.07, 6.45) is 3.80. The predicted molar refractivity (Wildman–Crippen MR) is 79.1 cm³/mol. The quantitative estimate of drug-likeness (QED) is 0.587. The molecule has 3 aromatic heterocycles. The van der Waals surface area contributed by atoms with Crippen molar-refractivity contribution < 1.29 is 0 Å². The van der Waals surface area contributed by atoms with E-state index in [0.29, 0.717) is 18.6 Å². The molecule has 104 valence electrons. The number of hydrogen-bond acceptors (Lipinski definition) is 5. The predicted octanol–water partition coefficient (Wildman–Crippen LogP) is 1.19. The molecule has 0 unspecified atom stereocenters. The molecule has 0 atom stereocenters. The van der Waals surface area contributed by atoms with Gasteiger partial charge in [0.15, 0.2) is 11.5 Å². The Bertz CT molecular complexity index is 921. The molecule has 0 spiro atoms. The summed E-state index contributed by atoms with van der Waals surface area (Å²) in [4.78, 5) is 20.5.